The Labute approximate surface area is 159 Å². The first kappa shape index (κ1) is 18.0. The summed E-state index contributed by atoms with van der Waals surface area (Å²) in [4.78, 5) is 14.5. The van der Waals surface area contributed by atoms with E-state index in [9.17, 15) is 13.2 Å². The Morgan fingerprint density at radius 1 is 1.00 bits per heavy atom. The van der Waals surface area contributed by atoms with Crippen molar-refractivity contribution in [1.82, 2.24) is 9.21 Å². The van der Waals surface area contributed by atoms with Crippen LogP contribution >= 0.6 is 0 Å². The molecule has 4 rings (SSSR count). The molecule has 2 aliphatic rings. The molecule has 0 radical (unpaired) electrons. The highest BCUT2D eigenvalue weighted by molar-refractivity contribution is 7.88. The molecule has 2 aromatic carbocycles. The quantitative estimate of drug-likeness (QED) is 0.805. The van der Waals surface area contributed by atoms with Crippen LogP contribution in [0.4, 0.5) is 0 Å². The number of carbonyl (C=O) groups is 1. The number of piperazine rings is 1. The van der Waals surface area contributed by atoms with Crippen molar-refractivity contribution in [2.75, 3.05) is 32.8 Å². The fraction of sp³-hybridized carbons (Fsp3) is 0.350. The highest BCUT2D eigenvalue weighted by atomic mass is 32.2. The van der Waals surface area contributed by atoms with E-state index in [4.69, 9.17) is 4.74 Å². The second-order valence-electron chi connectivity index (χ2n) is 6.85. The average Bonchev–Trinajstić information content (AvgIpc) is 3.16. The number of carbonyl (C=O) groups excluding carboxylic acids is 1. The number of nitrogens with zero attached hydrogens (tertiary/aromatic N) is 2. The first-order valence-electron chi connectivity index (χ1n) is 9.10. The maximum Gasteiger partial charge on any atom is 0.253 e. The topological polar surface area (TPSA) is 66.9 Å². The van der Waals surface area contributed by atoms with E-state index in [2.05, 4.69) is 0 Å². The Bertz CT molecular complexity index is 936. The van der Waals surface area contributed by atoms with Gasteiger partial charge >= 0.3 is 0 Å². The average molecular weight is 386 g/mol. The molecule has 0 saturated carbocycles. The van der Waals surface area contributed by atoms with E-state index >= 15 is 0 Å². The molecule has 0 spiro atoms. The zero-order valence-corrected chi connectivity index (χ0v) is 15.8. The molecule has 0 aromatic heterocycles. The molecule has 1 fully saturated rings. The van der Waals surface area contributed by atoms with E-state index in [0.717, 1.165) is 23.3 Å². The SMILES string of the molecule is O=C(c1ccc2c(c1)CCO2)N1CCN(S(=O)(=O)Cc2ccccc2)CC1. The van der Waals surface area contributed by atoms with E-state index in [0.29, 0.717) is 38.3 Å². The Balaban J connectivity index is 1.39. The summed E-state index contributed by atoms with van der Waals surface area (Å²) in [6.45, 7) is 2.12. The second kappa shape index (κ2) is 7.32. The molecule has 1 amide bonds. The maximum absolute atomic E-state index is 12.8. The molecule has 0 bridgehead atoms. The summed E-state index contributed by atoms with van der Waals surface area (Å²) in [5.74, 6) is 0.792. The summed E-state index contributed by atoms with van der Waals surface area (Å²) in [6.07, 6.45) is 0.821. The molecular weight excluding hydrogens is 364 g/mol. The molecule has 142 valence electrons. The number of hydrogen-bond acceptors (Lipinski definition) is 4. The Morgan fingerprint density at radius 2 is 1.74 bits per heavy atom. The number of benzene rings is 2. The van der Waals surface area contributed by atoms with Crippen LogP contribution in [0.5, 0.6) is 5.75 Å². The number of hydrogen-bond donors (Lipinski definition) is 0. The van der Waals surface area contributed by atoms with Crippen molar-refractivity contribution < 1.29 is 17.9 Å². The van der Waals surface area contributed by atoms with Crippen LogP contribution in [0.15, 0.2) is 48.5 Å². The molecule has 6 nitrogen and oxygen atoms in total. The van der Waals surface area contributed by atoms with Crippen LogP contribution in [0.3, 0.4) is 0 Å². The third kappa shape index (κ3) is 3.84. The van der Waals surface area contributed by atoms with Crippen LogP contribution in [0, 0.1) is 0 Å². The van der Waals surface area contributed by atoms with Gasteiger partial charge in [-0.05, 0) is 29.3 Å². The van der Waals surface area contributed by atoms with Gasteiger partial charge in [0.15, 0.2) is 0 Å². The van der Waals surface area contributed by atoms with E-state index < -0.39 is 10.0 Å². The first-order chi connectivity index (χ1) is 13.0. The van der Waals surface area contributed by atoms with Gasteiger partial charge in [-0.25, -0.2) is 8.42 Å². The van der Waals surface area contributed by atoms with Gasteiger partial charge in [0, 0.05) is 38.2 Å². The minimum Gasteiger partial charge on any atom is -0.493 e. The molecule has 2 aromatic rings. The van der Waals surface area contributed by atoms with Gasteiger partial charge in [-0.3, -0.25) is 4.79 Å². The van der Waals surface area contributed by atoms with Gasteiger partial charge < -0.3 is 9.64 Å². The van der Waals surface area contributed by atoms with Crippen molar-refractivity contribution in [3.05, 3.63) is 65.2 Å². The summed E-state index contributed by atoms with van der Waals surface area (Å²) in [7, 11) is -3.38. The zero-order chi connectivity index (χ0) is 18.9. The van der Waals surface area contributed by atoms with Crippen molar-refractivity contribution in [3.63, 3.8) is 0 Å². The predicted octanol–water partition coefficient (Wildman–Crippen LogP) is 1.91. The van der Waals surface area contributed by atoms with Crippen molar-refractivity contribution in [1.29, 1.82) is 0 Å². The summed E-state index contributed by atoms with van der Waals surface area (Å²) >= 11 is 0. The molecule has 0 N–H and O–H groups in total. The minimum absolute atomic E-state index is 0.00733. The molecule has 1 saturated heterocycles. The summed E-state index contributed by atoms with van der Waals surface area (Å²) in [5, 5.41) is 0. The molecule has 0 unspecified atom stereocenters. The van der Waals surface area contributed by atoms with E-state index in [1.54, 1.807) is 11.0 Å². The summed E-state index contributed by atoms with van der Waals surface area (Å²) in [6, 6.07) is 14.7. The van der Waals surface area contributed by atoms with Crippen molar-refractivity contribution in [2.24, 2.45) is 0 Å². The van der Waals surface area contributed by atoms with Gasteiger partial charge in [0.05, 0.1) is 12.4 Å². The van der Waals surface area contributed by atoms with Crippen molar-refractivity contribution >= 4 is 15.9 Å². The number of rotatable bonds is 4. The Morgan fingerprint density at radius 3 is 2.48 bits per heavy atom. The normalized spacial score (nSPS) is 17.4. The number of fused-ring (bicyclic) bond motifs is 1. The molecule has 0 atom stereocenters. The molecule has 27 heavy (non-hydrogen) atoms. The lowest BCUT2D eigenvalue weighted by Gasteiger charge is -2.34. The van der Waals surface area contributed by atoms with Gasteiger partial charge in [0.1, 0.15) is 5.75 Å². The fourth-order valence-electron chi connectivity index (χ4n) is 3.55. The molecule has 0 aliphatic carbocycles. The van der Waals surface area contributed by atoms with Crippen LogP contribution in [0.25, 0.3) is 0 Å². The zero-order valence-electron chi connectivity index (χ0n) is 15.0. The van der Waals surface area contributed by atoms with Crippen LogP contribution in [0.1, 0.15) is 21.5 Å². The molecule has 2 heterocycles. The smallest absolute Gasteiger partial charge is 0.253 e. The van der Waals surface area contributed by atoms with Gasteiger partial charge in [-0.15, -0.1) is 0 Å². The van der Waals surface area contributed by atoms with Crippen molar-refractivity contribution in [2.45, 2.75) is 12.2 Å². The van der Waals surface area contributed by atoms with E-state index in [1.165, 1.54) is 4.31 Å². The van der Waals surface area contributed by atoms with Crippen LogP contribution < -0.4 is 4.74 Å². The van der Waals surface area contributed by atoms with E-state index in [-0.39, 0.29) is 11.7 Å². The Hall–Kier alpha value is -2.38. The maximum atomic E-state index is 12.8. The lowest BCUT2D eigenvalue weighted by molar-refractivity contribution is 0.0697. The largest absolute Gasteiger partial charge is 0.493 e. The molecule has 2 aliphatic heterocycles. The fourth-order valence-corrected chi connectivity index (χ4v) is 5.06. The van der Waals surface area contributed by atoms with Gasteiger partial charge in [-0.1, -0.05) is 30.3 Å². The number of amides is 1. The van der Waals surface area contributed by atoms with Crippen LogP contribution in [-0.2, 0) is 22.2 Å². The van der Waals surface area contributed by atoms with Gasteiger partial charge in [-0.2, -0.15) is 4.31 Å². The lowest BCUT2D eigenvalue weighted by Crippen LogP contribution is -2.50. The third-order valence-electron chi connectivity index (χ3n) is 5.05. The standard InChI is InChI=1S/C20H22N2O4S/c23-20(18-6-7-19-17(14-18)8-13-26-19)21-9-11-22(12-10-21)27(24,25)15-16-4-2-1-3-5-16/h1-7,14H,8-13,15H2. The van der Waals surface area contributed by atoms with Gasteiger partial charge in [0.2, 0.25) is 10.0 Å². The Kier molecular flexibility index (Phi) is 4.88. The predicted molar refractivity (Wildman–Crippen MR) is 102 cm³/mol. The number of ether oxygens (including phenoxy) is 1. The highest BCUT2D eigenvalue weighted by Gasteiger charge is 2.29. The summed E-state index contributed by atoms with van der Waals surface area (Å²) in [5.41, 5.74) is 2.47. The van der Waals surface area contributed by atoms with Gasteiger partial charge in [0.25, 0.3) is 5.91 Å². The van der Waals surface area contributed by atoms with Crippen LogP contribution in [0.2, 0.25) is 0 Å². The van der Waals surface area contributed by atoms with E-state index in [1.807, 2.05) is 42.5 Å². The third-order valence-corrected chi connectivity index (χ3v) is 6.90. The summed E-state index contributed by atoms with van der Waals surface area (Å²) < 4.78 is 32.2. The monoisotopic (exact) mass is 386 g/mol. The molecule has 7 heteroatoms. The molecular formula is C20H22N2O4S. The highest BCUT2D eigenvalue weighted by Crippen LogP contribution is 2.26. The lowest BCUT2D eigenvalue weighted by atomic mass is 10.1. The first-order valence-corrected chi connectivity index (χ1v) is 10.7. The van der Waals surface area contributed by atoms with Crippen molar-refractivity contribution in [3.8, 4) is 5.75 Å². The second-order valence-corrected chi connectivity index (χ2v) is 8.82. The van der Waals surface area contributed by atoms with Crippen LogP contribution in [-0.4, -0.2) is 56.3 Å². The minimum atomic E-state index is -3.38. The number of sulfonamides is 1.